The minimum Gasteiger partial charge on any atom is -0.360 e. The molecule has 0 unspecified atom stereocenters. The molecule has 0 atom stereocenters. The molecule has 6 heteroatoms. The molecule has 27 heavy (non-hydrogen) atoms. The molecular formula is C21H19N3O2S. The number of ketones is 1. The lowest BCUT2D eigenvalue weighted by atomic mass is 10.1. The summed E-state index contributed by atoms with van der Waals surface area (Å²) in [5, 5.41) is 2.08. The van der Waals surface area contributed by atoms with E-state index in [2.05, 4.69) is 9.97 Å². The molecule has 136 valence electrons. The van der Waals surface area contributed by atoms with Crippen molar-refractivity contribution >= 4 is 39.4 Å². The Morgan fingerprint density at radius 1 is 1.11 bits per heavy atom. The molecule has 0 spiro atoms. The number of H-pyrrole nitrogens is 1. The Kier molecular flexibility index (Phi) is 4.58. The first-order valence-electron chi connectivity index (χ1n) is 8.79. The zero-order valence-corrected chi connectivity index (χ0v) is 15.9. The minimum absolute atomic E-state index is 0.00941. The molecule has 0 saturated carbocycles. The molecule has 0 aliphatic carbocycles. The largest absolute Gasteiger partial charge is 0.360 e. The van der Waals surface area contributed by atoms with Gasteiger partial charge in [-0.25, -0.2) is 4.98 Å². The second-order valence-corrected chi connectivity index (χ2v) is 7.58. The summed E-state index contributed by atoms with van der Waals surface area (Å²) in [4.78, 5) is 33.4. The molecule has 2 heterocycles. The van der Waals surface area contributed by atoms with Crippen LogP contribution in [0.15, 0.2) is 64.7 Å². The van der Waals surface area contributed by atoms with Crippen LogP contribution >= 0.6 is 11.8 Å². The zero-order chi connectivity index (χ0) is 19.0. The van der Waals surface area contributed by atoms with Crippen molar-refractivity contribution < 1.29 is 4.79 Å². The van der Waals surface area contributed by atoms with Crippen molar-refractivity contribution in [2.24, 2.45) is 0 Å². The monoisotopic (exact) mass is 377 g/mol. The normalized spacial score (nSPS) is 11.5. The standard InChI is InChI=1S/C21H19N3O2S/c1-13(2)24-20(26)15-8-4-6-10-18(15)23-21(24)27-12-19(25)16-11-22-17-9-5-3-7-14(16)17/h3-11,13,22H,12H2,1-2H3. The summed E-state index contributed by atoms with van der Waals surface area (Å²) < 4.78 is 1.66. The van der Waals surface area contributed by atoms with Crippen LogP contribution in [0.4, 0.5) is 0 Å². The number of fused-ring (bicyclic) bond motifs is 2. The quantitative estimate of drug-likeness (QED) is 0.317. The molecular weight excluding hydrogens is 358 g/mol. The molecule has 4 aromatic rings. The number of Topliss-reactive ketones (excluding diaryl/α,β-unsaturated/α-hetero) is 1. The fourth-order valence-electron chi connectivity index (χ4n) is 3.19. The third-order valence-corrected chi connectivity index (χ3v) is 5.47. The summed E-state index contributed by atoms with van der Waals surface area (Å²) in [6.45, 7) is 3.90. The Hall–Kier alpha value is -2.86. The lowest BCUT2D eigenvalue weighted by molar-refractivity contribution is 0.102. The maximum atomic E-state index is 12.9. The van der Waals surface area contributed by atoms with Gasteiger partial charge in [-0.15, -0.1) is 0 Å². The Morgan fingerprint density at radius 3 is 2.59 bits per heavy atom. The first-order valence-corrected chi connectivity index (χ1v) is 9.78. The topological polar surface area (TPSA) is 67.8 Å². The van der Waals surface area contributed by atoms with Gasteiger partial charge in [-0.2, -0.15) is 0 Å². The number of carbonyl (C=O) groups excluding carboxylic acids is 1. The first kappa shape index (κ1) is 17.5. The van der Waals surface area contributed by atoms with Crippen molar-refractivity contribution in [3.63, 3.8) is 0 Å². The van der Waals surface area contributed by atoms with Gasteiger partial charge in [-0.05, 0) is 32.0 Å². The Bertz CT molecular complexity index is 1210. The van der Waals surface area contributed by atoms with E-state index in [4.69, 9.17) is 0 Å². The SMILES string of the molecule is CC(C)n1c(SCC(=O)c2c[nH]c3ccccc23)nc2ccccc2c1=O. The lowest BCUT2D eigenvalue weighted by Crippen LogP contribution is -2.25. The van der Waals surface area contributed by atoms with E-state index in [9.17, 15) is 9.59 Å². The average molecular weight is 377 g/mol. The second kappa shape index (κ2) is 7.04. The van der Waals surface area contributed by atoms with Crippen LogP contribution in [0, 0.1) is 0 Å². The van der Waals surface area contributed by atoms with E-state index in [-0.39, 0.29) is 23.1 Å². The van der Waals surface area contributed by atoms with E-state index in [1.54, 1.807) is 16.8 Å². The fraction of sp³-hybridized carbons (Fsp3) is 0.190. The Labute approximate surface area is 160 Å². The number of rotatable bonds is 5. The highest BCUT2D eigenvalue weighted by Crippen LogP contribution is 2.24. The van der Waals surface area contributed by atoms with Crippen LogP contribution < -0.4 is 5.56 Å². The highest BCUT2D eigenvalue weighted by molar-refractivity contribution is 7.99. The van der Waals surface area contributed by atoms with Crippen LogP contribution in [-0.4, -0.2) is 26.1 Å². The van der Waals surface area contributed by atoms with Gasteiger partial charge < -0.3 is 4.98 Å². The van der Waals surface area contributed by atoms with E-state index in [1.807, 2.05) is 56.3 Å². The summed E-state index contributed by atoms with van der Waals surface area (Å²) in [5.41, 5.74) is 2.19. The van der Waals surface area contributed by atoms with Crippen molar-refractivity contribution in [2.75, 3.05) is 5.75 Å². The first-order chi connectivity index (χ1) is 13.1. The number of aromatic nitrogens is 3. The van der Waals surface area contributed by atoms with Gasteiger partial charge in [0.2, 0.25) is 0 Å². The predicted octanol–water partition coefficient (Wildman–Crippen LogP) is 4.43. The number of carbonyl (C=O) groups is 1. The number of hydrogen-bond donors (Lipinski definition) is 1. The summed E-state index contributed by atoms with van der Waals surface area (Å²) in [6.07, 6.45) is 1.75. The van der Waals surface area contributed by atoms with Gasteiger partial charge >= 0.3 is 0 Å². The zero-order valence-electron chi connectivity index (χ0n) is 15.1. The van der Waals surface area contributed by atoms with Gasteiger partial charge in [0.15, 0.2) is 10.9 Å². The number of aromatic amines is 1. The summed E-state index contributed by atoms with van der Waals surface area (Å²) in [5.74, 6) is 0.231. The van der Waals surface area contributed by atoms with Crippen molar-refractivity contribution in [3.8, 4) is 0 Å². The van der Waals surface area contributed by atoms with E-state index < -0.39 is 0 Å². The van der Waals surface area contributed by atoms with Crippen LogP contribution in [0.1, 0.15) is 30.2 Å². The van der Waals surface area contributed by atoms with Crippen molar-refractivity contribution in [1.82, 2.24) is 14.5 Å². The summed E-state index contributed by atoms with van der Waals surface area (Å²) in [7, 11) is 0. The van der Waals surface area contributed by atoms with Crippen LogP contribution in [0.25, 0.3) is 21.8 Å². The van der Waals surface area contributed by atoms with Crippen LogP contribution in [-0.2, 0) is 0 Å². The number of nitrogens with one attached hydrogen (secondary N) is 1. The highest BCUT2D eigenvalue weighted by atomic mass is 32.2. The molecule has 0 bridgehead atoms. The molecule has 0 aliphatic heterocycles. The smallest absolute Gasteiger partial charge is 0.262 e. The van der Waals surface area contributed by atoms with Gasteiger partial charge in [0.25, 0.3) is 5.56 Å². The van der Waals surface area contributed by atoms with E-state index >= 15 is 0 Å². The molecule has 0 saturated heterocycles. The van der Waals surface area contributed by atoms with Gasteiger partial charge in [-0.1, -0.05) is 42.1 Å². The number of benzene rings is 2. The summed E-state index contributed by atoms with van der Waals surface area (Å²) in [6, 6.07) is 15.0. The Morgan fingerprint density at radius 2 is 1.81 bits per heavy atom. The molecule has 0 aliphatic rings. The van der Waals surface area contributed by atoms with E-state index in [0.717, 1.165) is 10.9 Å². The van der Waals surface area contributed by atoms with Gasteiger partial charge in [0, 0.05) is 28.7 Å². The van der Waals surface area contributed by atoms with Crippen molar-refractivity contribution in [3.05, 3.63) is 70.6 Å². The maximum absolute atomic E-state index is 12.9. The minimum atomic E-state index is -0.0716. The molecule has 0 fully saturated rings. The fourth-order valence-corrected chi connectivity index (χ4v) is 4.20. The molecule has 2 aromatic carbocycles. The van der Waals surface area contributed by atoms with Gasteiger partial charge in [0.05, 0.1) is 16.7 Å². The number of nitrogens with zero attached hydrogens (tertiary/aromatic N) is 2. The molecule has 4 rings (SSSR count). The summed E-state index contributed by atoms with van der Waals surface area (Å²) >= 11 is 1.31. The number of hydrogen-bond acceptors (Lipinski definition) is 4. The van der Waals surface area contributed by atoms with Crippen molar-refractivity contribution in [1.29, 1.82) is 0 Å². The predicted molar refractivity (Wildman–Crippen MR) is 110 cm³/mol. The van der Waals surface area contributed by atoms with E-state index in [0.29, 0.717) is 21.6 Å². The molecule has 2 aromatic heterocycles. The second-order valence-electron chi connectivity index (χ2n) is 6.64. The van der Waals surface area contributed by atoms with Gasteiger partial charge in [0.1, 0.15) is 0 Å². The number of para-hydroxylation sites is 2. The van der Waals surface area contributed by atoms with Crippen LogP contribution in [0.3, 0.4) is 0 Å². The molecule has 0 amide bonds. The van der Waals surface area contributed by atoms with E-state index in [1.165, 1.54) is 11.8 Å². The third kappa shape index (κ3) is 3.17. The van der Waals surface area contributed by atoms with Gasteiger partial charge in [-0.3, -0.25) is 14.2 Å². The molecule has 1 N–H and O–H groups in total. The number of thioether (sulfide) groups is 1. The van der Waals surface area contributed by atoms with Crippen LogP contribution in [0.2, 0.25) is 0 Å². The third-order valence-electron chi connectivity index (χ3n) is 4.51. The maximum Gasteiger partial charge on any atom is 0.262 e. The molecule has 5 nitrogen and oxygen atoms in total. The highest BCUT2D eigenvalue weighted by Gasteiger charge is 2.17. The lowest BCUT2D eigenvalue weighted by Gasteiger charge is -2.15. The van der Waals surface area contributed by atoms with Crippen LogP contribution in [0.5, 0.6) is 0 Å². The average Bonchev–Trinajstić information content (AvgIpc) is 3.10. The molecule has 0 radical (unpaired) electrons. The van der Waals surface area contributed by atoms with Crippen molar-refractivity contribution in [2.45, 2.75) is 25.0 Å². The Balaban J connectivity index is 1.68.